The van der Waals surface area contributed by atoms with Crippen LogP contribution in [0, 0.1) is 17.3 Å². The van der Waals surface area contributed by atoms with Gasteiger partial charge in [0.2, 0.25) is 5.41 Å². The summed E-state index contributed by atoms with van der Waals surface area (Å²) in [6.45, 7) is 16.7. The van der Waals surface area contributed by atoms with Crippen molar-refractivity contribution in [3.63, 3.8) is 0 Å². The molecule has 3 aliphatic heterocycles. The average molecular weight is 523 g/mol. The number of nitrogens with one attached hydrogen (secondary N) is 2. The zero-order valence-corrected chi connectivity index (χ0v) is 24.3. The molecule has 0 atom stereocenters. The Morgan fingerprint density at radius 2 is 1.05 bits per heavy atom. The van der Waals surface area contributed by atoms with Crippen molar-refractivity contribution in [3.8, 4) is 0 Å². The van der Waals surface area contributed by atoms with Gasteiger partial charge in [0, 0.05) is 35.0 Å². The molecular formula is C29H50N2O6. The SMILES string of the molecule is CC1(C)CC(C2(C3CC(C)(C)NC(C)(C)C3)OC3(CCCCC3)OCC2(C(=O)O)C(=O)O)CC(C)(C)N1. The molecule has 4 N–H and O–H groups in total. The molecule has 4 aliphatic rings. The minimum atomic E-state index is -2.21. The molecule has 8 heteroatoms. The van der Waals surface area contributed by atoms with Crippen molar-refractivity contribution in [2.75, 3.05) is 6.61 Å². The van der Waals surface area contributed by atoms with Gasteiger partial charge in [-0.1, -0.05) is 6.42 Å². The largest absolute Gasteiger partial charge is 0.480 e. The zero-order valence-electron chi connectivity index (χ0n) is 24.3. The number of rotatable bonds is 4. The van der Waals surface area contributed by atoms with Crippen molar-refractivity contribution in [1.29, 1.82) is 0 Å². The molecule has 0 radical (unpaired) electrons. The number of carboxylic acids is 2. The molecule has 0 unspecified atom stereocenters. The van der Waals surface area contributed by atoms with Gasteiger partial charge in [-0.2, -0.15) is 0 Å². The molecule has 37 heavy (non-hydrogen) atoms. The Kier molecular flexibility index (Phi) is 6.92. The molecule has 1 spiro atoms. The average Bonchev–Trinajstić information content (AvgIpc) is 2.69. The van der Waals surface area contributed by atoms with E-state index in [2.05, 4.69) is 66.0 Å². The Labute approximate surface area is 222 Å². The van der Waals surface area contributed by atoms with Crippen molar-refractivity contribution in [3.05, 3.63) is 0 Å². The molecule has 0 aromatic rings. The van der Waals surface area contributed by atoms with Gasteiger partial charge < -0.3 is 30.3 Å². The summed E-state index contributed by atoms with van der Waals surface area (Å²) in [5, 5.41) is 29.2. The Morgan fingerprint density at radius 1 is 0.676 bits per heavy atom. The van der Waals surface area contributed by atoms with Crippen LogP contribution >= 0.6 is 0 Å². The lowest BCUT2D eigenvalue weighted by Crippen LogP contribution is -2.78. The minimum absolute atomic E-state index is 0.289. The van der Waals surface area contributed by atoms with Crippen LogP contribution in [-0.2, 0) is 19.1 Å². The summed E-state index contributed by atoms with van der Waals surface area (Å²) in [5.41, 5.74) is -4.92. The van der Waals surface area contributed by atoms with Gasteiger partial charge in [-0.3, -0.25) is 9.59 Å². The summed E-state index contributed by atoms with van der Waals surface area (Å²) >= 11 is 0. The molecule has 8 nitrogen and oxygen atoms in total. The van der Waals surface area contributed by atoms with Gasteiger partial charge in [0.15, 0.2) is 5.79 Å². The van der Waals surface area contributed by atoms with Crippen LogP contribution in [-0.4, -0.2) is 62.3 Å². The van der Waals surface area contributed by atoms with E-state index in [4.69, 9.17) is 9.47 Å². The van der Waals surface area contributed by atoms with Crippen LogP contribution in [0.4, 0.5) is 0 Å². The monoisotopic (exact) mass is 522 g/mol. The van der Waals surface area contributed by atoms with Crippen molar-refractivity contribution < 1.29 is 29.3 Å². The molecule has 3 saturated heterocycles. The predicted octanol–water partition coefficient (Wildman–Crippen LogP) is 4.70. The maximum absolute atomic E-state index is 13.4. The van der Waals surface area contributed by atoms with E-state index < -0.39 is 28.7 Å². The Balaban J connectivity index is 2.01. The van der Waals surface area contributed by atoms with E-state index in [0.717, 1.165) is 19.3 Å². The molecule has 0 aromatic carbocycles. The van der Waals surface area contributed by atoms with Gasteiger partial charge in [0.1, 0.15) is 5.60 Å². The highest BCUT2D eigenvalue weighted by Gasteiger charge is 2.75. The molecule has 4 rings (SSSR count). The summed E-state index contributed by atoms with van der Waals surface area (Å²) in [6, 6.07) is 0. The summed E-state index contributed by atoms with van der Waals surface area (Å²) in [6.07, 6.45) is 6.76. The number of carbonyl (C=O) groups is 2. The highest BCUT2D eigenvalue weighted by molar-refractivity contribution is 6.00. The third-order valence-corrected chi connectivity index (χ3v) is 9.51. The molecule has 0 aromatic heterocycles. The molecule has 3 heterocycles. The van der Waals surface area contributed by atoms with Gasteiger partial charge >= 0.3 is 11.9 Å². The van der Waals surface area contributed by atoms with Crippen molar-refractivity contribution in [2.24, 2.45) is 17.3 Å². The van der Waals surface area contributed by atoms with Gasteiger partial charge in [-0.05, 0) is 106 Å². The first-order valence-corrected chi connectivity index (χ1v) is 14.2. The number of aliphatic carboxylic acids is 2. The first-order valence-electron chi connectivity index (χ1n) is 14.2. The van der Waals surface area contributed by atoms with Crippen LogP contribution < -0.4 is 10.6 Å². The van der Waals surface area contributed by atoms with Crippen LogP contribution in [0.1, 0.15) is 113 Å². The Hall–Kier alpha value is -1.22. The van der Waals surface area contributed by atoms with Crippen molar-refractivity contribution in [2.45, 2.75) is 147 Å². The number of piperidine rings is 2. The lowest BCUT2D eigenvalue weighted by molar-refractivity contribution is -0.400. The highest BCUT2D eigenvalue weighted by atomic mass is 16.7. The lowest BCUT2D eigenvalue weighted by atomic mass is 9.50. The predicted molar refractivity (Wildman–Crippen MR) is 141 cm³/mol. The minimum Gasteiger partial charge on any atom is -0.480 e. The van der Waals surface area contributed by atoms with Gasteiger partial charge in [0.05, 0.1) is 6.61 Å². The fourth-order valence-corrected chi connectivity index (χ4v) is 9.11. The van der Waals surface area contributed by atoms with Crippen LogP contribution in [0.2, 0.25) is 0 Å². The number of hydrogen-bond acceptors (Lipinski definition) is 6. The van der Waals surface area contributed by atoms with Gasteiger partial charge in [-0.15, -0.1) is 0 Å². The van der Waals surface area contributed by atoms with Crippen LogP contribution in [0.5, 0.6) is 0 Å². The number of ether oxygens (including phenoxy) is 2. The van der Waals surface area contributed by atoms with Crippen molar-refractivity contribution >= 4 is 11.9 Å². The second-order valence-corrected chi connectivity index (χ2v) is 15.2. The van der Waals surface area contributed by atoms with Crippen LogP contribution in [0.3, 0.4) is 0 Å². The maximum atomic E-state index is 13.4. The molecule has 0 amide bonds. The molecule has 0 bridgehead atoms. The second-order valence-electron chi connectivity index (χ2n) is 15.2. The van der Waals surface area contributed by atoms with E-state index in [0.29, 0.717) is 38.5 Å². The Morgan fingerprint density at radius 3 is 1.41 bits per heavy atom. The standard InChI is InChI=1S/C29H50N2O6/c1-23(2)14-19(15-24(3,4)30-23)29(20-16-25(5,6)31-26(7,8)17-20)28(21(32)33,22(34)35)18-36-27(37-29)12-10-9-11-13-27/h19-20,30-31H,9-18H2,1-8H3,(H,32,33)(H,34,35). The van der Waals surface area contributed by atoms with E-state index in [9.17, 15) is 19.8 Å². The third-order valence-electron chi connectivity index (χ3n) is 9.51. The molecular weight excluding hydrogens is 472 g/mol. The van der Waals surface area contributed by atoms with Gasteiger partial charge in [-0.25, -0.2) is 0 Å². The summed E-state index contributed by atoms with van der Waals surface area (Å²) in [7, 11) is 0. The topological polar surface area (TPSA) is 117 Å². The zero-order chi connectivity index (χ0) is 27.7. The fourth-order valence-electron chi connectivity index (χ4n) is 9.11. The van der Waals surface area contributed by atoms with E-state index in [1.54, 1.807) is 0 Å². The Bertz CT molecular complexity index is 833. The number of hydrogen-bond donors (Lipinski definition) is 4. The van der Waals surface area contributed by atoms with E-state index >= 15 is 0 Å². The first-order chi connectivity index (χ1) is 16.8. The first kappa shape index (κ1) is 28.8. The summed E-state index contributed by atoms with van der Waals surface area (Å²) in [5.74, 6) is -4.22. The van der Waals surface area contributed by atoms with Crippen LogP contribution in [0.15, 0.2) is 0 Å². The fraction of sp³-hybridized carbons (Fsp3) is 0.931. The molecule has 212 valence electrons. The second kappa shape index (κ2) is 8.90. The van der Waals surface area contributed by atoms with Crippen LogP contribution in [0.25, 0.3) is 0 Å². The van der Waals surface area contributed by atoms with E-state index in [1.807, 2.05) is 0 Å². The summed E-state index contributed by atoms with van der Waals surface area (Å²) in [4.78, 5) is 26.7. The highest BCUT2D eigenvalue weighted by Crippen LogP contribution is 2.62. The smallest absolute Gasteiger partial charge is 0.326 e. The third kappa shape index (κ3) is 4.96. The van der Waals surface area contributed by atoms with E-state index in [-0.39, 0.29) is 40.6 Å². The van der Waals surface area contributed by atoms with E-state index in [1.165, 1.54) is 0 Å². The lowest BCUT2D eigenvalue weighted by Gasteiger charge is -2.66. The number of carboxylic acid groups (broad SMARTS) is 2. The van der Waals surface area contributed by atoms with Crippen molar-refractivity contribution in [1.82, 2.24) is 10.6 Å². The maximum Gasteiger partial charge on any atom is 0.326 e. The molecule has 1 aliphatic carbocycles. The molecule has 1 saturated carbocycles. The quantitative estimate of drug-likeness (QED) is 0.393. The molecule has 4 fully saturated rings. The normalized spacial score (nSPS) is 32.0. The van der Waals surface area contributed by atoms with Gasteiger partial charge in [0.25, 0.3) is 0 Å². The summed E-state index contributed by atoms with van der Waals surface area (Å²) < 4.78 is 13.5.